The fraction of sp³-hybridized carbons (Fsp3) is 0.143. The molecule has 25 heavy (non-hydrogen) atoms. The van der Waals surface area contributed by atoms with E-state index in [-0.39, 0.29) is 0 Å². The van der Waals surface area contributed by atoms with Gasteiger partial charge < -0.3 is 0 Å². The molecule has 1 aliphatic rings. The van der Waals surface area contributed by atoms with Gasteiger partial charge in [-0.3, -0.25) is 4.57 Å². The number of rotatable bonds is 1. The summed E-state index contributed by atoms with van der Waals surface area (Å²) >= 11 is 6.73. The van der Waals surface area contributed by atoms with Gasteiger partial charge in [-0.25, -0.2) is 0 Å². The van der Waals surface area contributed by atoms with Gasteiger partial charge in [0.15, 0.2) is 0 Å². The molecule has 4 heteroatoms. The van der Waals surface area contributed by atoms with Crippen molar-refractivity contribution in [2.45, 2.75) is 19.8 Å². The minimum Gasteiger partial charge on any atom is -0.283 e. The van der Waals surface area contributed by atoms with Gasteiger partial charge in [0.25, 0.3) is 0 Å². The lowest BCUT2D eigenvalue weighted by atomic mass is 9.94. The standard InChI is InChI=1S/C21H16ClN3/c1-13-23-24-21-10-9-15-11-18(19(22)12-20(15)25(13)21)17-8-4-6-14-5-2-3-7-16(14)17/h2-8,11-12H,9-10H2,1H3. The number of fused-ring (bicyclic) bond motifs is 4. The van der Waals surface area contributed by atoms with E-state index in [4.69, 9.17) is 11.6 Å². The summed E-state index contributed by atoms with van der Waals surface area (Å²) in [6.45, 7) is 1.98. The van der Waals surface area contributed by atoms with Crippen molar-refractivity contribution in [2.75, 3.05) is 0 Å². The largest absolute Gasteiger partial charge is 0.283 e. The second-order valence-electron chi connectivity index (χ2n) is 6.49. The zero-order chi connectivity index (χ0) is 17.0. The summed E-state index contributed by atoms with van der Waals surface area (Å²) in [7, 11) is 0. The summed E-state index contributed by atoms with van der Waals surface area (Å²) in [5, 5.41) is 11.7. The Balaban J connectivity index is 1.76. The molecule has 3 aromatic carbocycles. The van der Waals surface area contributed by atoms with E-state index in [0.717, 1.165) is 40.8 Å². The van der Waals surface area contributed by atoms with Crippen LogP contribution in [0.25, 0.3) is 27.6 Å². The highest BCUT2D eigenvalue weighted by Gasteiger charge is 2.22. The van der Waals surface area contributed by atoms with Gasteiger partial charge in [0, 0.05) is 12.0 Å². The van der Waals surface area contributed by atoms with Crippen LogP contribution in [0, 0.1) is 6.92 Å². The SMILES string of the molecule is Cc1nnc2n1-c1cc(Cl)c(-c3cccc4ccccc34)cc1CC2. The number of aryl methyl sites for hydroxylation is 3. The van der Waals surface area contributed by atoms with Crippen LogP contribution in [0.1, 0.15) is 17.2 Å². The van der Waals surface area contributed by atoms with E-state index in [9.17, 15) is 0 Å². The maximum atomic E-state index is 6.73. The Morgan fingerprint density at radius 1 is 0.920 bits per heavy atom. The lowest BCUT2D eigenvalue weighted by molar-refractivity contribution is 0.767. The molecular formula is C21H16ClN3. The van der Waals surface area contributed by atoms with Crippen molar-refractivity contribution in [1.82, 2.24) is 14.8 Å². The van der Waals surface area contributed by atoms with Crippen molar-refractivity contribution in [3.63, 3.8) is 0 Å². The molecular weight excluding hydrogens is 330 g/mol. The van der Waals surface area contributed by atoms with E-state index in [2.05, 4.69) is 69.4 Å². The first-order valence-electron chi connectivity index (χ1n) is 8.44. The summed E-state index contributed by atoms with van der Waals surface area (Å²) in [6, 6.07) is 19.1. The molecule has 4 aromatic rings. The van der Waals surface area contributed by atoms with E-state index >= 15 is 0 Å². The highest BCUT2D eigenvalue weighted by molar-refractivity contribution is 6.34. The smallest absolute Gasteiger partial charge is 0.137 e. The average molecular weight is 346 g/mol. The molecule has 0 atom stereocenters. The lowest BCUT2D eigenvalue weighted by Crippen LogP contribution is -2.13. The maximum absolute atomic E-state index is 6.73. The number of benzene rings is 3. The first-order chi connectivity index (χ1) is 12.2. The molecule has 0 fully saturated rings. The molecule has 0 bridgehead atoms. The van der Waals surface area contributed by atoms with Gasteiger partial charge in [-0.05, 0) is 47.4 Å². The zero-order valence-corrected chi connectivity index (χ0v) is 14.6. The van der Waals surface area contributed by atoms with Gasteiger partial charge >= 0.3 is 0 Å². The third-order valence-corrected chi connectivity index (χ3v) is 5.31. The highest BCUT2D eigenvalue weighted by Crippen LogP contribution is 2.38. The number of aromatic nitrogens is 3. The second-order valence-corrected chi connectivity index (χ2v) is 6.89. The van der Waals surface area contributed by atoms with Crippen molar-refractivity contribution in [3.05, 3.63) is 76.8 Å². The van der Waals surface area contributed by atoms with Crippen molar-refractivity contribution < 1.29 is 0 Å². The third-order valence-electron chi connectivity index (χ3n) is 5.00. The molecule has 3 nitrogen and oxygen atoms in total. The summed E-state index contributed by atoms with van der Waals surface area (Å²) in [5.74, 6) is 1.92. The molecule has 0 saturated carbocycles. The topological polar surface area (TPSA) is 30.7 Å². The number of hydrogen-bond donors (Lipinski definition) is 0. The molecule has 0 unspecified atom stereocenters. The van der Waals surface area contributed by atoms with Gasteiger partial charge in [0.05, 0.1) is 10.7 Å². The van der Waals surface area contributed by atoms with Crippen LogP contribution in [0.2, 0.25) is 5.02 Å². The number of halogens is 1. The second kappa shape index (κ2) is 5.43. The lowest BCUT2D eigenvalue weighted by Gasteiger charge is -2.21. The predicted molar refractivity (Wildman–Crippen MR) is 101 cm³/mol. The van der Waals surface area contributed by atoms with Crippen molar-refractivity contribution >= 4 is 22.4 Å². The molecule has 0 N–H and O–H groups in total. The van der Waals surface area contributed by atoms with E-state index in [1.807, 2.05) is 6.92 Å². The number of hydrogen-bond acceptors (Lipinski definition) is 2. The van der Waals surface area contributed by atoms with Crippen LogP contribution < -0.4 is 0 Å². The van der Waals surface area contributed by atoms with E-state index in [1.165, 1.54) is 21.9 Å². The molecule has 122 valence electrons. The van der Waals surface area contributed by atoms with Crippen LogP contribution in [-0.4, -0.2) is 14.8 Å². The molecule has 0 saturated heterocycles. The third kappa shape index (κ3) is 2.19. The maximum Gasteiger partial charge on any atom is 0.137 e. The fourth-order valence-electron chi connectivity index (χ4n) is 3.81. The predicted octanol–water partition coefficient (Wildman–Crippen LogP) is 5.15. The summed E-state index contributed by atoms with van der Waals surface area (Å²) < 4.78 is 2.12. The van der Waals surface area contributed by atoms with Crippen molar-refractivity contribution in [1.29, 1.82) is 0 Å². The Morgan fingerprint density at radius 3 is 2.68 bits per heavy atom. The van der Waals surface area contributed by atoms with E-state index in [0.29, 0.717) is 0 Å². The molecule has 2 heterocycles. The average Bonchev–Trinajstić information content (AvgIpc) is 3.02. The fourth-order valence-corrected chi connectivity index (χ4v) is 4.07. The van der Waals surface area contributed by atoms with E-state index in [1.54, 1.807) is 0 Å². The molecule has 5 rings (SSSR count). The molecule has 1 aliphatic heterocycles. The van der Waals surface area contributed by atoms with Gasteiger partial charge in [-0.1, -0.05) is 54.1 Å². The number of nitrogens with zero attached hydrogens (tertiary/aromatic N) is 3. The molecule has 0 aliphatic carbocycles. The zero-order valence-electron chi connectivity index (χ0n) is 13.8. The minimum atomic E-state index is 0.760. The van der Waals surface area contributed by atoms with Crippen LogP contribution in [-0.2, 0) is 12.8 Å². The minimum absolute atomic E-state index is 0.760. The van der Waals surface area contributed by atoms with Gasteiger partial charge in [0.1, 0.15) is 11.6 Å². The molecule has 1 aromatic heterocycles. The summed E-state index contributed by atoms with van der Waals surface area (Å²) in [5.41, 5.74) is 4.67. The molecule has 0 spiro atoms. The van der Waals surface area contributed by atoms with Crippen LogP contribution >= 0.6 is 11.6 Å². The Morgan fingerprint density at radius 2 is 1.76 bits per heavy atom. The van der Waals surface area contributed by atoms with Gasteiger partial charge in [-0.2, -0.15) is 0 Å². The first kappa shape index (κ1) is 14.7. The monoisotopic (exact) mass is 345 g/mol. The van der Waals surface area contributed by atoms with Crippen molar-refractivity contribution in [2.24, 2.45) is 0 Å². The molecule has 0 amide bonds. The Bertz CT molecular complexity index is 1120. The Labute approximate surface area is 150 Å². The van der Waals surface area contributed by atoms with Gasteiger partial charge in [-0.15, -0.1) is 10.2 Å². The van der Waals surface area contributed by atoms with Crippen molar-refractivity contribution in [3.8, 4) is 16.8 Å². The van der Waals surface area contributed by atoms with E-state index < -0.39 is 0 Å². The van der Waals surface area contributed by atoms with Gasteiger partial charge in [0.2, 0.25) is 0 Å². The van der Waals surface area contributed by atoms with Crippen LogP contribution in [0.4, 0.5) is 0 Å². The summed E-state index contributed by atoms with van der Waals surface area (Å²) in [6.07, 6.45) is 1.87. The Hall–Kier alpha value is -2.65. The normalized spacial score (nSPS) is 12.9. The Kier molecular flexibility index (Phi) is 3.19. The van der Waals surface area contributed by atoms with Crippen LogP contribution in [0.15, 0.2) is 54.6 Å². The highest BCUT2D eigenvalue weighted by atomic mass is 35.5. The summed E-state index contributed by atoms with van der Waals surface area (Å²) in [4.78, 5) is 0. The first-order valence-corrected chi connectivity index (χ1v) is 8.82. The van der Waals surface area contributed by atoms with Crippen LogP contribution in [0.3, 0.4) is 0 Å². The van der Waals surface area contributed by atoms with Crippen LogP contribution in [0.5, 0.6) is 0 Å². The quantitative estimate of drug-likeness (QED) is 0.477. The molecule has 0 radical (unpaired) electrons.